The fourth-order valence-corrected chi connectivity index (χ4v) is 3.81. The van der Waals surface area contributed by atoms with E-state index in [1.165, 1.54) is 11.0 Å². The number of amides is 2. The van der Waals surface area contributed by atoms with Crippen molar-refractivity contribution in [2.24, 2.45) is 0 Å². The van der Waals surface area contributed by atoms with E-state index in [0.29, 0.717) is 11.1 Å². The van der Waals surface area contributed by atoms with Crippen LogP contribution in [0.1, 0.15) is 60.1 Å². The quantitative estimate of drug-likeness (QED) is 0.470. The smallest absolute Gasteiger partial charge is 0.347 e. The van der Waals surface area contributed by atoms with Crippen molar-refractivity contribution in [1.29, 1.82) is 0 Å². The van der Waals surface area contributed by atoms with E-state index in [2.05, 4.69) is 16.9 Å². The maximum absolute atomic E-state index is 13.9. The molecule has 2 aromatic rings. The topological polar surface area (TPSA) is 62.3 Å². The monoisotopic (exact) mass is 495 g/mol. The molecule has 0 bridgehead atoms. The molecular weight excluding hydrogens is 469 g/mol. The van der Waals surface area contributed by atoms with Gasteiger partial charge in [-0.3, -0.25) is 9.59 Å². The third-order valence-electron chi connectivity index (χ3n) is 5.39. The third kappa shape index (κ3) is 6.64. The number of carbonyl (C=O) groups excluding carboxylic acids is 2. The van der Waals surface area contributed by atoms with Crippen LogP contribution in [0, 0.1) is 11.6 Å². The predicted octanol–water partition coefficient (Wildman–Crippen LogP) is 4.98. The zero-order chi connectivity index (χ0) is 26.1. The number of aromatic nitrogens is 1. The standard InChI is InChI=1S/C25H26F5N3O2/c1-14(9-16-11-17(26)5-6-19(16)27)10-21(34)33-8-7-15-12-18(23(35)32-24(2,3)4)22(25(28,29)30)31-20(15)13-33/h5-6,11-12H,1,7-10,13H2,2-4H3,(H,32,35). The normalized spacial score (nSPS) is 13.9. The van der Waals surface area contributed by atoms with E-state index in [1.807, 2.05) is 0 Å². The second-order valence-corrected chi connectivity index (χ2v) is 9.60. The van der Waals surface area contributed by atoms with Crippen LogP contribution in [0.3, 0.4) is 0 Å². The van der Waals surface area contributed by atoms with Crippen molar-refractivity contribution in [2.75, 3.05) is 6.54 Å². The van der Waals surface area contributed by atoms with E-state index in [4.69, 9.17) is 0 Å². The summed E-state index contributed by atoms with van der Waals surface area (Å²) in [7, 11) is 0. The van der Waals surface area contributed by atoms with Gasteiger partial charge in [-0.15, -0.1) is 0 Å². The molecule has 0 unspecified atom stereocenters. The minimum Gasteiger partial charge on any atom is -0.347 e. The van der Waals surface area contributed by atoms with Gasteiger partial charge in [0.25, 0.3) is 5.91 Å². The first kappa shape index (κ1) is 26.3. The highest BCUT2D eigenvalue weighted by molar-refractivity contribution is 5.96. The summed E-state index contributed by atoms with van der Waals surface area (Å²) in [5, 5.41) is 2.53. The second-order valence-electron chi connectivity index (χ2n) is 9.60. The number of nitrogens with one attached hydrogen (secondary N) is 1. The van der Waals surface area contributed by atoms with Crippen molar-refractivity contribution in [3.63, 3.8) is 0 Å². The summed E-state index contributed by atoms with van der Waals surface area (Å²) < 4.78 is 68.4. The van der Waals surface area contributed by atoms with Crippen LogP contribution in [0.4, 0.5) is 22.0 Å². The van der Waals surface area contributed by atoms with Gasteiger partial charge in [0.15, 0.2) is 5.69 Å². The molecule has 1 aromatic carbocycles. The molecule has 3 rings (SSSR count). The van der Waals surface area contributed by atoms with Gasteiger partial charge in [-0.25, -0.2) is 13.8 Å². The Bertz CT molecular complexity index is 1170. The molecule has 1 aliphatic rings. The first-order valence-electron chi connectivity index (χ1n) is 10.9. The fourth-order valence-electron chi connectivity index (χ4n) is 3.81. The highest BCUT2D eigenvalue weighted by Crippen LogP contribution is 2.33. The summed E-state index contributed by atoms with van der Waals surface area (Å²) in [5.41, 5.74) is -1.69. The number of hydrogen-bond acceptors (Lipinski definition) is 3. The second kappa shape index (κ2) is 9.75. The molecule has 1 aromatic heterocycles. The Morgan fingerprint density at radius 3 is 2.46 bits per heavy atom. The van der Waals surface area contributed by atoms with Gasteiger partial charge < -0.3 is 10.2 Å². The molecule has 0 saturated carbocycles. The van der Waals surface area contributed by atoms with E-state index in [0.717, 1.165) is 18.2 Å². The summed E-state index contributed by atoms with van der Waals surface area (Å²) in [4.78, 5) is 30.4. The zero-order valence-corrected chi connectivity index (χ0v) is 19.7. The van der Waals surface area contributed by atoms with Crippen LogP contribution in [-0.4, -0.2) is 33.8 Å². The highest BCUT2D eigenvalue weighted by Gasteiger charge is 2.39. The molecule has 0 atom stereocenters. The lowest BCUT2D eigenvalue weighted by Gasteiger charge is -2.30. The van der Waals surface area contributed by atoms with Gasteiger partial charge in [0.1, 0.15) is 11.6 Å². The lowest BCUT2D eigenvalue weighted by Crippen LogP contribution is -2.42. The van der Waals surface area contributed by atoms with Gasteiger partial charge in [0.05, 0.1) is 17.8 Å². The molecule has 0 radical (unpaired) electrons. The largest absolute Gasteiger partial charge is 0.434 e. The average Bonchev–Trinajstić information content (AvgIpc) is 2.73. The molecule has 1 aliphatic heterocycles. The Morgan fingerprint density at radius 1 is 1.14 bits per heavy atom. The Balaban J connectivity index is 1.77. The van der Waals surface area contributed by atoms with Gasteiger partial charge >= 0.3 is 6.18 Å². The molecule has 2 heterocycles. The number of pyridine rings is 1. The molecule has 0 spiro atoms. The molecule has 35 heavy (non-hydrogen) atoms. The molecule has 0 fully saturated rings. The predicted molar refractivity (Wildman–Crippen MR) is 119 cm³/mol. The van der Waals surface area contributed by atoms with Crippen molar-refractivity contribution in [3.05, 3.63) is 76.1 Å². The van der Waals surface area contributed by atoms with Crippen molar-refractivity contribution < 1.29 is 31.5 Å². The Kier molecular flexibility index (Phi) is 7.33. The van der Waals surface area contributed by atoms with E-state index in [1.54, 1.807) is 20.8 Å². The molecule has 5 nitrogen and oxygen atoms in total. The molecule has 0 aliphatic carbocycles. The van der Waals surface area contributed by atoms with E-state index in [9.17, 15) is 31.5 Å². The average molecular weight is 495 g/mol. The number of rotatable bonds is 5. The summed E-state index contributed by atoms with van der Waals surface area (Å²) in [6.45, 7) is 8.77. The van der Waals surface area contributed by atoms with Crippen LogP contribution in [0.25, 0.3) is 0 Å². The lowest BCUT2D eigenvalue weighted by atomic mass is 9.98. The van der Waals surface area contributed by atoms with Crippen LogP contribution in [0.2, 0.25) is 0 Å². The van der Waals surface area contributed by atoms with Crippen molar-refractivity contribution >= 4 is 11.8 Å². The minimum absolute atomic E-state index is 0.0531. The number of halogens is 5. The Labute approximate surface area is 200 Å². The summed E-state index contributed by atoms with van der Waals surface area (Å²) in [6, 6.07) is 4.19. The molecule has 0 saturated heterocycles. The number of benzene rings is 1. The molecule has 2 amide bonds. The van der Waals surface area contributed by atoms with Crippen molar-refractivity contribution in [3.8, 4) is 0 Å². The summed E-state index contributed by atoms with van der Waals surface area (Å²) in [5.74, 6) is -2.53. The summed E-state index contributed by atoms with van der Waals surface area (Å²) >= 11 is 0. The van der Waals surface area contributed by atoms with Crippen molar-refractivity contribution in [1.82, 2.24) is 15.2 Å². The lowest BCUT2D eigenvalue weighted by molar-refractivity contribution is -0.141. The number of fused-ring (bicyclic) bond motifs is 1. The Morgan fingerprint density at radius 2 is 1.83 bits per heavy atom. The highest BCUT2D eigenvalue weighted by atomic mass is 19.4. The molecular formula is C25H26F5N3O2. The molecule has 1 N–H and O–H groups in total. The van der Waals surface area contributed by atoms with Crippen LogP contribution in [0.5, 0.6) is 0 Å². The summed E-state index contributed by atoms with van der Waals surface area (Å²) in [6.07, 6.45) is -4.88. The first-order valence-corrected chi connectivity index (χ1v) is 10.9. The van der Waals surface area contributed by atoms with Gasteiger partial charge in [-0.2, -0.15) is 13.2 Å². The fraction of sp³-hybridized carbons (Fsp3) is 0.400. The zero-order valence-electron chi connectivity index (χ0n) is 19.7. The van der Waals surface area contributed by atoms with Gasteiger partial charge in [-0.1, -0.05) is 12.2 Å². The Hall–Kier alpha value is -3.30. The first-order chi connectivity index (χ1) is 16.1. The molecule has 188 valence electrons. The van der Waals surface area contributed by atoms with Crippen LogP contribution in [0.15, 0.2) is 36.4 Å². The van der Waals surface area contributed by atoms with E-state index in [-0.39, 0.29) is 43.6 Å². The molecule has 10 heteroatoms. The van der Waals surface area contributed by atoms with E-state index < -0.39 is 46.4 Å². The van der Waals surface area contributed by atoms with Gasteiger partial charge in [0, 0.05) is 18.5 Å². The van der Waals surface area contributed by atoms with E-state index >= 15 is 0 Å². The number of nitrogens with zero attached hydrogens (tertiary/aromatic N) is 2. The number of carbonyl (C=O) groups is 2. The maximum atomic E-state index is 13.9. The van der Waals surface area contributed by atoms with Crippen LogP contribution < -0.4 is 5.32 Å². The van der Waals surface area contributed by atoms with Crippen molar-refractivity contribution in [2.45, 2.75) is 58.3 Å². The van der Waals surface area contributed by atoms with Crippen LogP contribution >= 0.6 is 0 Å². The third-order valence-corrected chi connectivity index (χ3v) is 5.39. The minimum atomic E-state index is -4.87. The maximum Gasteiger partial charge on any atom is 0.434 e. The van der Waals surface area contributed by atoms with Crippen LogP contribution in [-0.2, 0) is 30.4 Å². The van der Waals surface area contributed by atoms with Gasteiger partial charge in [-0.05, 0) is 69.0 Å². The number of hydrogen-bond donors (Lipinski definition) is 1. The SMILES string of the molecule is C=C(CC(=O)N1CCc2cc(C(=O)NC(C)(C)C)c(C(F)(F)F)nc2C1)Cc1cc(F)ccc1F. The number of alkyl halides is 3. The van der Waals surface area contributed by atoms with Gasteiger partial charge in [0.2, 0.25) is 5.91 Å².